The van der Waals surface area contributed by atoms with E-state index in [-0.39, 0.29) is 0 Å². The summed E-state index contributed by atoms with van der Waals surface area (Å²) in [6.07, 6.45) is 0. The second-order valence-electron chi connectivity index (χ2n) is 4.88. The van der Waals surface area contributed by atoms with Crippen LogP contribution in [0.2, 0.25) is 5.15 Å². The van der Waals surface area contributed by atoms with Crippen LogP contribution in [0, 0.1) is 0 Å². The van der Waals surface area contributed by atoms with E-state index in [9.17, 15) is 0 Å². The molecule has 0 bridgehead atoms. The second-order valence-corrected chi connectivity index (χ2v) is 5.27. The van der Waals surface area contributed by atoms with Crippen molar-refractivity contribution < 1.29 is 4.74 Å². The van der Waals surface area contributed by atoms with Gasteiger partial charge in [0.1, 0.15) is 11.0 Å². The smallest absolute Gasteiger partial charge is 0.319 e. The molecule has 106 valence electrons. The maximum atomic E-state index is 6.02. The summed E-state index contributed by atoms with van der Waals surface area (Å²) in [7, 11) is 0. The fourth-order valence-electron chi connectivity index (χ4n) is 2.21. The zero-order valence-electron chi connectivity index (χ0n) is 11.8. The highest BCUT2D eigenvalue weighted by Crippen LogP contribution is 2.21. The number of rotatable bonds is 4. The summed E-state index contributed by atoms with van der Waals surface area (Å²) < 4.78 is 5.33. The molecule has 0 unspecified atom stereocenters. The van der Waals surface area contributed by atoms with Crippen LogP contribution < -0.4 is 9.64 Å². The Hall–Kier alpha value is -1.07. The van der Waals surface area contributed by atoms with Crippen LogP contribution in [0.5, 0.6) is 6.01 Å². The van der Waals surface area contributed by atoms with E-state index in [1.54, 1.807) is 6.07 Å². The van der Waals surface area contributed by atoms with Gasteiger partial charge in [-0.2, -0.15) is 9.97 Å². The first-order valence-corrected chi connectivity index (χ1v) is 7.14. The van der Waals surface area contributed by atoms with Crippen molar-refractivity contribution in [3.63, 3.8) is 0 Å². The molecule has 0 aromatic carbocycles. The fourth-order valence-corrected chi connectivity index (χ4v) is 2.38. The van der Waals surface area contributed by atoms with E-state index in [2.05, 4.69) is 33.6 Å². The van der Waals surface area contributed by atoms with Gasteiger partial charge in [0, 0.05) is 38.3 Å². The number of hydrogen-bond donors (Lipinski definition) is 0. The van der Waals surface area contributed by atoms with Gasteiger partial charge in [-0.25, -0.2) is 0 Å². The van der Waals surface area contributed by atoms with E-state index in [1.165, 1.54) is 0 Å². The number of halogens is 1. The molecule has 1 aromatic rings. The lowest BCUT2D eigenvalue weighted by Crippen LogP contribution is -2.49. The van der Waals surface area contributed by atoms with E-state index in [0.717, 1.165) is 32.0 Å². The Morgan fingerprint density at radius 2 is 1.95 bits per heavy atom. The number of nitrogens with zero attached hydrogens (tertiary/aromatic N) is 4. The van der Waals surface area contributed by atoms with Crippen molar-refractivity contribution in [2.24, 2.45) is 0 Å². The highest BCUT2D eigenvalue weighted by molar-refractivity contribution is 6.29. The lowest BCUT2D eigenvalue weighted by Gasteiger charge is -2.37. The number of piperazine rings is 1. The van der Waals surface area contributed by atoms with Crippen LogP contribution in [-0.4, -0.2) is 53.7 Å². The molecule has 1 aromatic heterocycles. The number of anilines is 1. The highest BCUT2D eigenvalue weighted by Gasteiger charge is 2.20. The molecule has 0 radical (unpaired) electrons. The monoisotopic (exact) mass is 284 g/mol. The van der Waals surface area contributed by atoms with Gasteiger partial charge in [0.25, 0.3) is 0 Å². The normalized spacial score (nSPS) is 17.0. The minimum absolute atomic E-state index is 0.358. The predicted molar refractivity (Wildman–Crippen MR) is 77.1 cm³/mol. The molecule has 0 atom stereocenters. The summed E-state index contributed by atoms with van der Waals surface area (Å²) in [6.45, 7) is 10.9. The Balaban J connectivity index is 2.06. The number of ether oxygens (including phenoxy) is 1. The first kappa shape index (κ1) is 14.3. The standard InChI is InChI=1S/C13H21ClN4O/c1-4-19-13-15-11(14)9-12(16-13)18-7-5-17(6-8-18)10(2)3/h9-10H,4-8H2,1-3H3. The molecule has 0 spiro atoms. The minimum atomic E-state index is 0.358. The molecule has 1 fully saturated rings. The van der Waals surface area contributed by atoms with Gasteiger partial charge >= 0.3 is 6.01 Å². The van der Waals surface area contributed by atoms with Gasteiger partial charge in [0.15, 0.2) is 0 Å². The third-order valence-electron chi connectivity index (χ3n) is 3.30. The van der Waals surface area contributed by atoms with E-state index < -0.39 is 0 Å². The predicted octanol–water partition coefficient (Wildman–Crippen LogP) is 2.06. The summed E-state index contributed by atoms with van der Waals surface area (Å²) in [5.74, 6) is 0.854. The molecule has 6 heteroatoms. The first-order chi connectivity index (χ1) is 9.10. The van der Waals surface area contributed by atoms with Crippen LogP contribution in [0.1, 0.15) is 20.8 Å². The molecule has 2 heterocycles. The van der Waals surface area contributed by atoms with Crippen LogP contribution in [0.4, 0.5) is 5.82 Å². The summed E-state index contributed by atoms with van der Waals surface area (Å²) in [6, 6.07) is 2.75. The topological polar surface area (TPSA) is 41.5 Å². The maximum absolute atomic E-state index is 6.02. The summed E-state index contributed by atoms with van der Waals surface area (Å²) in [5.41, 5.74) is 0. The van der Waals surface area contributed by atoms with Crippen LogP contribution >= 0.6 is 11.6 Å². The quantitative estimate of drug-likeness (QED) is 0.792. The Labute approximate surface area is 119 Å². The van der Waals surface area contributed by atoms with Gasteiger partial charge < -0.3 is 9.64 Å². The Kier molecular flexibility index (Phi) is 4.82. The molecule has 5 nitrogen and oxygen atoms in total. The van der Waals surface area contributed by atoms with Crippen molar-refractivity contribution in [2.75, 3.05) is 37.7 Å². The van der Waals surface area contributed by atoms with Crippen molar-refractivity contribution in [3.8, 4) is 6.01 Å². The summed E-state index contributed by atoms with van der Waals surface area (Å²) in [4.78, 5) is 13.2. The second kappa shape index (κ2) is 6.39. The molecule has 2 rings (SSSR count). The Morgan fingerprint density at radius 3 is 2.53 bits per heavy atom. The molecule has 0 saturated carbocycles. The molecule has 1 aliphatic rings. The van der Waals surface area contributed by atoms with Crippen molar-refractivity contribution >= 4 is 17.4 Å². The molecule has 0 aliphatic carbocycles. The average molecular weight is 285 g/mol. The first-order valence-electron chi connectivity index (χ1n) is 6.76. The largest absolute Gasteiger partial charge is 0.464 e. The zero-order chi connectivity index (χ0) is 13.8. The van der Waals surface area contributed by atoms with Crippen molar-refractivity contribution in [1.82, 2.24) is 14.9 Å². The Bertz CT molecular complexity index is 419. The van der Waals surface area contributed by atoms with Gasteiger partial charge in [-0.3, -0.25) is 4.90 Å². The lowest BCUT2D eigenvalue weighted by molar-refractivity contribution is 0.208. The van der Waals surface area contributed by atoms with Crippen LogP contribution in [-0.2, 0) is 0 Å². The highest BCUT2D eigenvalue weighted by atomic mass is 35.5. The van der Waals surface area contributed by atoms with Gasteiger partial charge in [-0.15, -0.1) is 0 Å². The summed E-state index contributed by atoms with van der Waals surface area (Å²) >= 11 is 6.02. The van der Waals surface area contributed by atoms with Crippen molar-refractivity contribution in [2.45, 2.75) is 26.8 Å². The molecule has 19 heavy (non-hydrogen) atoms. The fraction of sp³-hybridized carbons (Fsp3) is 0.692. The van der Waals surface area contributed by atoms with Gasteiger partial charge in [-0.1, -0.05) is 11.6 Å². The molecular weight excluding hydrogens is 264 g/mol. The molecule has 0 N–H and O–H groups in total. The van der Waals surface area contributed by atoms with E-state index in [1.807, 2.05) is 6.92 Å². The van der Waals surface area contributed by atoms with E-state index >= 15 is 0 Å². The van der Waals surface area contributed by atoms with Gasteiger partial charge in [0.05, 0.1) is 6.61 Å². The molecule has 1 saturated heterocycles. The van der Waals surface area contributed by atoms with Crippen molar-refractivity contribution in [1.29, 1.82) is 0 Å². The SMILES string of the molecule is CCOc1nc(Cl)cc(N2CCN(C(C)C)CC2)n1. The zero-order valence-corrected chi connectivity index (χ0v) is 12.5. The third-order valence-corrected chi connectivity index (χ3v) is 3.50. The maximum Gasteiger partial charge on any atom is 0.319 e. The van der Waals surface area contributed by atoms with Crippen LogP contribution in [0.15, 0.2) is 6.07 Å². The summed E-state index contributed by atoms with van der Waals surface area (Å²) in [5, 5.41) is 0.430. The van der Waals surface area contributed by atoms with Crippen LogP contribution in [0.25, 0.3) is 0 Å². The molecular formula is C13H21ClN4O. The molecule has 1 aliphatic heterocycles. The molecule has 0 amide bonds. The van der Waals surface area contributed by atoms with E-state index in [4.69, 9.17) is 16.3 Å². The van der Waals surface area contributed by atoms with Gasteiger partial charge in [-0.05, 0) is 20.8 Å². The average Bonchev–Trinajstić information content (AvgIpc) is 2.38. The number of hydrogen-bond acceptors (Lipinski definition) is 5. The number of aromatic nitrogens is 2. The Morgan fingerprint density at radius 1 is 1.26 bits per heavy atom. The van der Waals surface area contributed by atoms with Gasteiger partial charge in [0.2, 0.25) is 0 Å². The third kappa shape index (κ3) is 3.70. The lowest BCUT2D eigenvalue weighted by atomic mass is 10.2. The van der Waals surface area contributed by atoms with E-state index in [0.29, 0.717) is 23.8 Å². The minimum Gasteiger partial charge on any atom is -0.464 e. The van der Waals surface area contributed by atoms with Crippen LogP contribution in [0.3, 0.4) is 0 Å². The van der Waals surface area contributed by atoms with Crippen molar-refractivity contribution in [3.05, 3.63) is 11.2 Å².